The fourth-order valence-electron chi connectivity index (χ4n) is 2.70. The van der Waals surface area contributed by atoms with Crippen LogP contribution in [-0.4, -0.2) is 16.6 Å². The van der Waals surface area contributed by atoms with Crippen LogP contribution in [0.4, 0.5) is 28.4 Å². The first kappa shape index (κ1) is 19.0. The maximum atomic E-state index is 11.1. The van der Waals surface area contributed by atoms with Crippen molar-refractivity contribution in [1.29, 1.82) is 0 Å². The summed E-state index contributed by atoms with van der Waals surface area (Å²) in [6.45, 7) is 0. The van der Waals surface area contributed by atoms with Crippen molar-refractivity contribution in [2.45, 2.75) is 0 Å². The van der Waals surface area contributed by atoms with Gasteiger partial charge in [0.2, 0.25) is 0 Å². The molecule has 1 aliphatic carbocycles. The number of nitrogens with zero attached hydrogens (tertiary/aromatic N) is 3. The topological polar surface area (TPSA) is 86.4 Å². The number of anilines is 2. The van der Waals surface area contributed by atoms with Gasteiger partial charge in [-0.15, -0.1) is 0 Å². The number of phenolic OH excluding ortho intramolecular Hbond substituents is 1. The third-order valence-electron chi connectivity index (χ3n) is 4.25. The van der Waals surface area contributed by atoms with Crippen LogP contribution in [0.2, 0.25) is 0 Å². The number of benzene rings is 3. The van der Waals surface area contributed by atoms with Gasteiger partial charge in [0.15, 0.2) is 5.78 Å². The second-order valence-corrected chi connectivity index (χ2v) is 6.54. The predicted octanol–water partition coefficient (Wildman–Crippen LogP) is 6.32. The molecule has 6 nitrogen and oxygen atoms in total. The van der Waals surface area contributed by atoms with Gasteiger partial charge in [0.25, 0.3) is 0 Å². The molecule has 30 heavy (non-hydrogen) atoms. The van der Waals surface area contributed by atoms with Gasteiger partial charge in [0, 0.05) is 11.4 Å². The zero-order chi connectivity index (χ0) is 20.8. The summed E-state index contributed by atoms with van der Waals surface area (Å²) in [4.78, 5) is 15.6. The van der Waals surface area contributed by atoms with Crippen molar-refractivity contribution in [3.63, 3.8) is 0 Å². The minimum Gasteiger partial charge on any atom is -0.508 e. The van der Waals surface area contributed by atoms with E-state index in [-0.39, 0.29) is 11.5 Å². The zero-order valence-electron chi connectivity index (χ0n) is 15.9. The Kier molecular flexibility index (Phi) is 5.57. The van der Waals surface area contributed by atoms with Crippen LogP contribution < -0.4 is 5.32 Å². The first-order valence-corrected chi connectivity index (χ1v) is 9.31. The molecule has 0 radical (unpaired) electrons. The molecule has 146 valence electrons. The monoisotopic (exact) mass is 394 g/mol. The van der Waals surface area contributed by atoms with Crippen LogP contribution in [0.1, 0.15) is 0 Å². The minimum absolute atomic E-state index is 0.0334. The maximum Gasteiger partial charge on any atom is 0.178 e. The summed E-state index contributed by atoms with van der Waals surface area (Å²) in [7, 11) is 0. The van der Waals surface area contributed by atoms with Gasteiger partial charge >= 0.3 is 0 Å². The van der Waals surface area contributed by atoms with Crippen LogP contribution in [0.5, 0.6) is 5.75 Å². The van der Waals surface area contributed by atoms with E-state index >= 15 is 0 Å². The molecule has 3 aromatic rings. The number of hydrogen-bond donors (Lipinski definition) is 2. The molecular weight excluding hydrogens is 376 g/mol. The molecule has 4 rings (SSSR count). The van der Waals surface area contributed by atoms with Crippen LogP contribution in [0.3, 0.4) is 0 Å². The normalized spacial score (nSPS) is 13.1. The second-order valence-electron chi connectivity index (χ2n) is 6.54. The Morgan fingerprint density at radius 3 is 1.63 bits per heavy atom. The molecule has 3 aromatic carbocycles. The summed E-state index contributed by atoms with van der Waals surface area (Å²) in [5.74, 6) is 0.199. The number of aliphatic imine (C=N–C) groups is 1. The number of hydrogen-bond acceptors (Lipinski definition) is 6. The number of nitrogens with one attached hydrogen (secondary N) is 1. The smallest absolute Gasteiger partial charge is 0.178 e. The molecule has 0 spiro atoms. The maximum absolute atomic E-state index is 11.1. The number of carbonyl (C=O) groups is 1. The lowest BCUT2D eigenvalue weighted by Gasteiger charge is -2.06. The Balaban J connectivity index is 1.38. The molecule has 0 fully saturated rings. The van der Waals surface area contributed by atoms with Gasteiger partial charge in [0.1, 0.15) is 5.75 Å². The molecule has 2 N–H and O–H groups in total. The van der Waals surface area contributed by atoms with Gasteiger partial charge in [-0.2, -0.15) is 10.2 Å². The first-order valence-electron chi connectivity index (χ1n) is 9.31. The Morgan fingerprint density at radius 1 is 0.600 bits per heavy atom. The number of rotatable bonds is 5. The Morgan fingerprint density at radius 2 is 1.07 bits per heavy atom. The average Bonchev–Trinajstić information content (AvgIpc) is 2.77. The molecule has 0 aliphatic heterocycles. The van der Waals surface area contributed by atoms with E-state index in [1.807, 2.05) is 48.5 Å². The van der Waals surface area contributed by atoms with Crippen LogP contribution in [0.15, 0.2) is 112 Å². The largest absolute Gasteiger partial charge is 0.508 e. The van der Waals surface area contributed by atoms with E-state index < -0.39 is 0 Å². The molecule has 0 heterocycles. The summed E-state index contributed by atoms with van der Waals surface area (Å²) in [5, 5.41) is 21.1. The summed E-state index contributed by atoms with van der Waals surface area (Å²) in [6.07, 6.45) is 6.37. The highest BCUT2D eigenvalue weighted by Gasteiger charge is 2.00. The molecule has 6 heteroatoms. The van der Waals surface area contributed by atoms with Gasteiger partial charge in [-0.05, 0) is 97.1 Å². The van der Waals surface area contributed by atoms with Crippen LogP contribution in [-0.2, 0) is 4.79 Å². The van der Waals surface area contributed by atoms with Crippen molar-refractivity contribution >= 4 is 39.9 Å². The Labute approximate surface area is 173 Å². The SMILES string of the molecule is O=C1C=CC(=Nc2ccc(N=Nc3ccc(Nc4ccc(O)cc4)cc3)cc2)C=C1. The van der Waals surface area contributed by atoms with Crippen LogP contribution >= 0.6 is 0 Å². The standard InChI is InChI=1S/C24H18N4O2/c29-23-13-9-19(10-14-23)25-17-1-5-21(6-2-17)27-28-22-7-3-18(4-8-22)26-20-11-15-24(30)16-12-20/h1-16,25,29H. The highest BCUT2D eigenvalue weighted by atomic mass is 16.3. The molecule has 0 amide bonds. The molecule has 0 atom stereocenters. The number of carbonyl (C=O) groups excluding carboxylic acids is 1. The van der Waals surface area contributed by atoms with Gasteiger partial charge in [-0.3, -0.25) is 4.79 Å². The first-order chi connectivity index (χ1) is 14.6. The third-order valence-corrected chi connectivity index (χ3v) is 4.25. The summed E-state index contributed by atoms with van der Waals surface area (Å²) >= 11 is 0. The lowest BCUT2D eigenvalue weighted by atomic mass is 10.1. The number of aromatic hydroxyl groups is 1. The van der Waals surface area contributed by atoms with Gasteiger partial charge in [-0.1, -0.05) is 0 Å². The highest BCUT2D eigenvalue weighted by molar-refractivity contribution is 6.17. The lowest BCUT2D eigenvalue weighted by molar-refractivity contribution is -0.110. The van der Waals surface area contributed by atoms with Crippen molar-refractivity contribution in [2.75, 3.05) is 5.32 Å². The number of azo groups is 1. The number of phenols is 1. The molecule has 0 saturated carbocycles. The molecule has 0 aromatic heterocycles. The van der Waals surface area contributed by atoms with Crippen molar-refractivity contribution in [3.8, 4) is 5.75 Å². The van der Waals surface area contributed by atoms with E-state index in [9.17, 15) is 9.90 Å². The van der Waals surface area contributed by atoms with Gasteiger partial charge in [-0.25, -0.2) is 4.99 Å². The quantitative estimate of drug-likeness (QED) is 0.302. The number of ketones is 1. The molecule has 0 unspecified atom stereocenters. The lowest BCUT2D eigenvalue weighted by Crippen LogP contribution is -1.98. The molecule has 1 aliphatic rings. The van der Waals surface area contributed by atoms with Crippen LogP contribution in [0, 0.1) is 0 Å². The summed E-state index contributed by atoms with van der Waals surface area (Å²) in [5.41, 5.74) is 4.75. The molecule has 0 bridgehead atoms. The van der Waals surface area contributed by atoms with Crippen molar-refractivity contribution in [1.82, 2.24) is 0 Å². The average molecular weight is 394 g/mol. The van der Waals surface area contributed by atoms with E-state index in [4.69, 9.17) is 0 Å². The summed E-state index contributed by atoms with van der Waals surface area (Å²) in [6, 6.07) is 21.8. The highest BCUT2D eigenvalue weighted by Crippen LogP contribution is 2.24. The third kappa shape index (κ3) is 5.14. The van der Waals surface area contributed by atoms with E-state index in [2.05, 4.69) is 20.5 Å². The van der Waals surface area contributed by atoms with Gasteiger partial charge in [0.05, 0.1) is 22.8 Å². The molecule has 0 saturated heterocycles. The van der Waals surface area contributed by atoms with Crippen molar-refractivity contribution in [2.24, 2.45) is 15.2 Å². The second kappa shape index (κ2) is 8.79. The van der Waals surface area contributed by atoms with E-state index in [0.717, 1.165) is 34.1 Å². The fourth-order valence-corrected chi connectivity index (χ4v) is 2.70. The predicted molar refractivity (Wildman–Crippen MR) is 119 cm³/mol. The van der Waals surface area contributed by atoms with Gasteiger partial charge < -0.3 is 10.4 Å². The van der Waals surface area contributed by atoms with Crippen LogP contribution in [0.25, 0.3) is 0 Å². The van der Waals surface area contributed by atoms with E-state index in [1.165, 1.54) is 12.2 Å². The van der Waals surface area contributed by atoms with E-state index in [1.54, 1.807) is 36.4 Å². The number of allylic oxidation sites excluding steroid dienone is 4. The van der Waals surface area contributed by atoms with Crippen molar-refractivity contribution < 1.29 is 9.90 Å². The van der Waals surface area contributed by atoms with E-state index in [0.29, 0.717) is 0 Å². The zero-order valence-corrected chi connectivity index (χ0v) is 15.9. The minimum atomic E-state index is -0.0334. The Hall–Kier alpha value is -4.32. The molecular formula is C24H18N4O2. The Bertz CT molecular complexity index is 1140. The van der Waals surface area contributed by atoms with Crippen molar-refractivity contribution in [3.05, 3.63) is 97.1 Å². The summed E-state index contributed by atoms with van der Waals surface area (Å²) < 4.78 is 0. The fraction of sp³-hybridized carbons (Fsp3) is 0.